The molecule has 12 heavy (non-hydrogen) atoms. The average molecular weight is 166 g/mol. The van der Waals surface area contributed by atoms with Gasteiger partial charge in [0.1, 0.15) is 5.75 Å². The zero-order valence-corrected chi connectivity index (χ0v) is 7.50. The van der Waals surface area contributed by atoms with Gasteiger partial charge in [-0.15, -0.1) is 0 Å². The van der Waals surface area contributed by atoms with Gasteiger partial charge in [0.2, 0.25) is 0 Å². The number of aliphatic hydroxyl groups is 1. The third-order valence-electron chi connectivity index (χ3n) is 1.80. The quantitative estimate of drug-likeness (QED) is 0.743. The van der Waals surface area contributed by atoms with Crippen molar-refractivity contribution in [2.45, 2.75) is 20.5 Å². The van der Waals surface area contributed by atoms with Crippen LogP contribution in [0.1, 0.15) is 18.1 Å². The van der Waals surface area contributed by atoms with Gasteiger partial charge in [-0.2, -0.15) is 0 Å². The zero-order chi connectivity index (χ0) is 8.97. The number of benzene rings is 1. The Bertz CT molecular complexity index is 256. The molecule has 0 aliphatic rings. The maximum absolute atomic E-state index is 8.96. The minimum Gasteiger partial charge on any atom is -0.494 e. The summed E-state index contributed by atoms with van der Waals surface area (Å²) in [5.41, 5.74) is 2.03. The highest BCUT2D eigenvalue weighted by molar-refractivity contribution is 5.34. The van der Waals surface area contributed by atoms with E-state index in [1.807, 2.05) is 32.0 Å². The zero-order valence-electron chi connectivity index (χ0n) is 7.50. The summed E-state index contributed by atoms with van der Waals surface area (Å²) in [6.45, 7) is 4.65. The van der Waals surface area contributed by atoms with Crippen LogP contribution in [-0.4, -0.2) is 11.7 Å². The number of hydrogen-bond donors (Lipinski definition) is 1. The monoisotopic (exact) mass is 166 g/mol. The van der Waals surface area contributed by atoms with Crippen LogP contribution in [0, 0.1) is 6.92 Å². The first-order valence-corrected chi connectivity index (χ1v) is 4.11. The SMILES string of the molecule is CCOc1ccc(C)c(CO)c1. The van der Waals surface area contributed by atoms with E-state index >= 15 is 0 Å². The molecule has 0 bridgehead atoms. The molecule has 2 nitrogen and oxygen atoms in total. The minimum absolute atomic E-state index is 0.0761. The second kappa shape index (κ2) is 4.12. The lowest BCUT2D eigenvalue weighted by Crippen LogP contribution is -1.94. The van der Waals surface area contributed by atoms with Crippen LogP contribution < -0.4 is 4.74 Å². The first-order valence-electron chi connectivity index (χ1n) is 4.11. The normalized spacial score (nSPS) is 9.92. The molecule has 66 valence electrons. The maximum atomic E-state index is 8.96. The van der Waals surface area contributed by atoms with Crippen molar-refractivity contribution in [1.82, 2.24) is 0 Å². The molecular formula is C10H14O2. The van der Waals surface area contributed by atoms with E-state index in [1.165, 1.54) is 0 Å². The molecule has 1 aromatic carbocycles. The van der Waals surface area contributed by atoms with Gasteiger partial charge < -0.3 is 9.84 Å². The van der Waals surface area contributed by atoms with E-state index < -0.39 is 0 Å². The largest absolute Gasteiger partial charge is 0.494 e. The summed E-state index contributed by atoms with van der Waals surface area (Å²) in [4.78, 5) is 0. The molecule has 2 heteroatoms. The van der Waals surface area contributed by atoms with Gasteiger partial charge in [-0.1, -0.05) is 6.07 Å². The molecule has 1 N–H and O–H groups in total. The molecule has 0 aliphatic heterocycles. The van der Waals surface area contributed by atoms with Crippen molar-refractivity contribution in [2.24, 2.45) is 0 Å². The molecule has 0 aliphatic carbocycles. The summed E-state index contributed by atoms with van der Waals surface area (Å²) >= 11 is 0. The second-order valence-corrected chi connectivity index (χ2v) is 2.68. The minimum atomic E-state index is 0.0761. The van der Waals surface area contributed by atoms with Gasteiger partial charge in [0.05, 0.1) is 13.2 Å². The number of aliphatic hydroxyl groups excluding tert-OH is 1. The van der Waals surface area contributed by atoms with Gasteiger partial charge in [-0.25, -0.2) is 0 Å². The summed E-state index contributed by atoms with van der Waals surface area (Å²) in [5, 5.41) is 8.96. The summed E-state index contributed by atoms with van der Waals surface area (Å²) in [7, 11) is 0. The highest BCUT2D eigenvalue weighted by Gasteiger charge is 1.98. The van der Waals surface area contributed by atoms with Crippen LogP contribution in [0.15, 0.2) is 18.2 Å². The van der Waals surface area contributed by atoms with Gasteiger partial charge in [0, 0.05) is 0 Å². The Morgan fingerprint density at radius 3 is 2.75 bits per heavy atom. The predicted molar refractivity (Wildman–Crippen MR) is 48.3 cm³/mol. The van der Waals surface area contributed by atoms with Gasteiger partial charge in [0.15, 0.2) is 0 Å². The van der Waals surface area contributed by atoms with E-state index in [0.717, 1.165) is 16.9 Å². The Morgan fingerprint density at radius 1 is 1.42 bits per heavy atom. The molecule has 1 aromatic rings. The van der Waals surface area contributed by atoms with Crippen LogP contribution in [0.25, 0.3) is 0 Å². The molecule has 0 atom stereocenters. The highest BCUT2D eigenvalue weighted by atomic mass is 16.5. The Kier molecular flexibility index (Phi) is 3.11. The summed E-state index contributed by atoms with van der Waals surface area (Å²) in [5.74, 6) is 0.826. The van der Waals surface area contributed by atoms with Gasteiger partial charge in [-0.3, -0.25) is 0 Å². The first kappa shape index (κ1) is 9.07. The lowest BCUT2D eigenvalue weighted by Gasteiger charge is -2.06. The standard InChI is InChI=1S/C10H14O2/c1-3-12-10-5-4-8(2)9(6-10)7-11/h4-6,11H,3,7H2,1-2H3. The molecule has 0 unspecified atom stereocenters. The van der Waals surface area contributed by atoms with Gasteiger partial charge in [0.25, 0.3) is 0 Å². The average Bonchev–Trinajstić information content (AvgIpc) is 2.09. The number of aryl methyl sites for hydroxylation is 1. The van der Waals surface area contributed by atoms with E-state index in [4.69, 9.17) is 9.84 Å². The fourth-order valence-corrected chi connectivity index (χ4v) is 1.07. The van der Waals surface area contributed by atoms with Crippen molar-refractivity contribution >= 4 is 0 Å². The number of rotatable bonds is 3. The lowest BCUT2D eigenvalue weighted by molar-refractivity contribution is 0.279. The van der Waals surface area contributed by atoms with E-state index in [9.17, 15) is 0 Å². The smallest absolute Gasteiger partial charge is 0.119 e. The topological polar surface area (TPSA) is 29.5 Å². The van der Waals surface area contributed by atoms with Crippen molar-refractivity contribution in [3.8, 4) is 5.75 Å². The summed E-state index contributed by atoms with van der Waals surface area (Å²) in [6, 6.07) is 5.74. The van der Waals surface area contributed by atoms with Crippen LogP contribution in [0.3, 0.4) is 0 Å². The van der Waals surface area contributed by atoms with Crippen LogP contribution in [-0.2, 0) is 6.61 Å². The van der Waals surface area contributed by atoms with E-state index in [0.29, 0.717) is 6.61 Å². The number of ether oxygens (including phenoxy) is 1. The second-order valence-electron chi connectivity index (χ2n) is 2.68. The van der Waals surface area contributed by atoms with Crippen molar-refractivity contribution < 1.29 is 9.84 Å². The maximum Gasteiger partial charge on any atom is 0.119 e. The molecule has 1 rings (SSSR count). The van der Waals surface area contributed by atoms with Crippen LogP contribution in [0.4, 0.5) is 0 Å². The van der Waals surface area contributed by atoms with Gasteiger partial charge >= 0.3 is 0 Å². The van der Waals surface area contributed by atoms with Crippen LogP contribution >= 0.6 is 0 Å². The first-order chi connectivity index (χ1) is 5.77. The van der Waals surface area contributed by atoms with Crippen molar-refractivity contribution in [3.05, 3.63) is 29.3 Å². The third-order valence-corrected chi connectivity index (χ3v) is 1.80. The van der Waals surface area contributed by atoms with E-state index in [-0.39, 0.29) is 6.61 Å². The van der Waals surface area contributed by atoms with Crippen molar-refractivity contribution in [2.75, 3.05) is 6.61 Å². The van der Waals surface area contributed by atoms with Gasteiger partial charge in [-0.05, 0) is 37.1 Å². The van der Waals surface area contributed by atoms with Crippen molar-refractivity contribution in [3.63, 3.8) is 0 Å². The third kappa shape index (κ3) is 1.98. The number of hydrogen-bond acceptors (Lipinski definition) is 2. The Labute approximate surface area is 72.8 Å². The Hall–Kier alpha value is -1.02. The lowest BCUT2D eigenvalue weighted by atomic mass is 10.1. The molecule has 0 fully saturated rings. The molecule has 0 amide bonds. The fraction of sp³-hybridized carbons (Fsp3) is 0.400. The van der Waals surface area contributed by atoms with E-state index in [2.05, 4.69) is 0 Å². The molecule has 0 spiro atoms. The summed E-state index contributed by atoms with van der Waals surface area (Å²) < 4.78 is 5.29. The molecule has 0 saturated carbocycles. The van der Waals surface area contributed by atoms with E-state index in [1.54, 1.807) is 0 Å². The highest BCUT2D eigenvalue weighted by Crippen LogP contribution is 2.16. The van der Waals surface area contributed by atoms with Crippen LogP contribution in [0.2, 0.25) is 0 Å². The predicted octanol–water partition coefficient (Wildman–Crippen LogP) is 1.89. The fourth-order valence-electron chi connectivity index (χ4n) is 1.07. The van der Waals surface area contributed by atoms with Crippen LogP contribution in [0.5, 0.6) is 5.75 Å². The molecule has 0 heterocycles. The molecule has 0 radical (unpaired) electrons. The summed E-state index contributed by atoms with van der Waals surface area (Å²) in [6.07, 6.45) is 0. The Balaban J connectivity index is 2.89. The Morgan fingerprint density at radius 2 is 2.17 bits per heavy atom. The molecule has 0 saturated heterocycles. The molecule has 0 aromatic heterocycles. The molecular weight excluding hydrogens is 152 g/mol. The van der Waals surface area contributed by atoms with Crippen molar-refractivity contribution in [1.29, 1.82) is 0 Å².